The number of aliphatic hydroxyl groups excluding tert-OH is 2. The molecule has 3 unspecified atom stereocenters. The summed E-state index contributed by atoms with van der Waals surface area (Å²) in [5.41, 5.74) is 0. The number of hydrogen-bond acceptors (Lipinski definition) is 3. The maximum absolute atomic E-state index is 9.70. The van der Waals surface area contributed by atoms with E-state index in [9.17, 15) is 10.2 Å². The SMILES string of the molecule is CN1CCC(C(O)/C=C/[123I])C(O)C1.[Ac]. The summed E-state index contributed by atoms with van der Waals surface area (Å²) in [6.07, 6.45) is 1.70. The van der Waals surface area contributed by atoms with Crippen LogP contribution in [-0.2, 0) is 0 Å². The molecule has 0 spiro atoms. The van der Waals surface area contributed by atoms with Crippen molar-refractivity contribution in [2.75, 3.05) is 20.1 Å². The molecule has 0 aliphatic carbocycles. The van der Waals surface area contributed by atoms with Crippen molar-refractivity contribution in [2.24, 2.45) is 5.92 Å². The van der Waals surface area contributed by atoms with Crippen molar-refractivity contribution in [3.05, 3.63) is 10.2 Å². The van der Waals surface area contributed by atoms with E-state index in [-0.39, 0.29) is 50.0 Å². The van der Waals surface area contributed by atoms with Gasteiger partial charge in [-0.2, -0.15) is 0 Å². The van der Waals surface area contributed by atoms with Gasteiger partial charge in [0, 0.05) is 56.5 Å². The molecule has 1 saturated heterocycles. The summed E-state index contributed by atoms with van der Waals surface area (Å²) in [7, 11) is 1.99. The first-order chi connectivity index (χ1) is 6.15. The van der Waals surface area contributed by atoms with Gasteiger partial charge in [-0.1, -0.05) is 22.6 Å². The van der Waals surface area contributed by atoms with Crippen molar-refractivity contribution in [2.45, 2.75) is 18.6 Å². The van der Waals surface area contributed by atoms with E-state index >= 15 is 0 Å². The van der Waals surface area contributed by atoms with Gasteiger partial charge < -0.3 is 15.1 Å². The molecule has 1 rings (SSSR count). The van der Waals surface area contributed by atoms with Crippen molar-refractivity contribution in [1.82, 2.24) is 4.90 Å². The Hall–Kier alpha value is 1.79. The second kappa shape index (κ2) is 7.97. The van der Waals surface area contributed by atoms with E-state index in [0.29, 0.717) is 6.54 Å². The fraction of sp³-hybridized carbons (Fsp3) is 0.778. The molecule has 5 heteroatoms. The van der Waals surface area contributed by atoms with Gasteiger partial charge >= 0.3 is 0 Å². The Morgan fingerprint density at radius 1 is 1.57 bits per heavy atom. The fourth-order valence-electron chi connectivity index (χ4n) is 1.72. The summed E-state index contributed by atoms with van der Waals surface area (Å²) < 4.78 is 1.80. The van der Waals surface area contributed by atoms with Crippen LogP contribution in [0.5, 0.6) is 0 Å². The summed E-state index contributed by atoms with van der Waals surface area (Å²) in [6, 6.07) is 0. The van der Waals surface area contributed by atoms with Gasteiger partial charge in [-0.15, -0.1) is 0 Å². The molecule has 79 valence electrons. The Kier molecular flexibility index (Phi) is 8.99. The fourth-order valence-corrected chi connectivity index (χ4v) is 2.15. The van der Waals surface area contributed by atoms with Gasteiger partial charge in [0.15, 0.2) is 0 Å². The van der Waals surface area contributed by atoms with Crippen LogP contribution >= 0.6 is 22.6 Å². The summed E-state index contributed by atoms with van der Waals surface area (Å²) >= 11 is 2.08. The van der Waals surface area contributed by atoms with Crippen LogP contribution in [-0.4, -0.2) is 47.5 Å². The number of likely N-dealkylation sites (N-methyl/N-ethyl adjacent to an activating group) is 1. The topological polar surface area (TPSA) is 43.7 Å². The van der Waals surface area contributed by atoms with Crippen LogP contribution in [0.25, 0.3) is 0 Å². The zero-order valence-electron chi connectivity index (χ0n) is 8.31. The number of likely N-dealkylation sites (tertiary alicyclic amines) is 1. The van der Waals surface area contributed by atoms with Crippen LogP contribution in [0.4, 0.5) is 0 Å². The largest absolute Gasteiger partial charge is 0.391 e. The summed E-state index contributed by atoms with van der Waals surface area (Å²) in [5.74, 6) is 0.00205. The zero-order valence-corrected chi connectivity index (χ0v) is 15.2. The molecule has 3 atom stereocenters. The van der Waals surface area contributed by atoms with Crippen LogP contribution in [0.15, 0.2) is 10.2 Å². The van der Waals surface area contributed by atoms with Crippen molar-refractivity contribution >= 4 is 22.6 Å². The van der Waals surface area contributed by atoms with Gasteiger partial charge in [0.1, 0.15) is 0 Å². The van der Waals surface area contributed by atoms with E-state index < -0.39 is 12.2 Å². The molecule has 0 amide bonds. The first-order valence-corrected chi connectivity index (χ1v) is 5.71. The van der Waals surface area contributed by atoms with Crippen LogP contribution < -0.4 is 0 Å². The standard InChI is InChI=1S/C9H16INO2.Ac/c1-11-5-3-7(9(13)6-11)8(12)2-4-10;/h2,4,7-9,12-13H,3,5-6H2,1H3;/b4-2+;/i10-4;. The molecule has 1 aliphatic rings. The third-order valence-electron chi connectivity index (χ3n) is 2.55. The Morgan fingerprint density at radius 2 is 2.21 bits per heavy atom. The third kappa shape index (κ3) is 4.75. The van der Waals surface area contributed by atoms with Gasteiger partial charge in [0.2, 0.25) is 0 Å². The minimum absolute atomic E-state index is 0. The molecule has 0 aromatic carbocycles. The van der Waals surface area contributed by atoms with E-state index in [1.807, 2.05) is 7.05 Å². The minimum Gasteiger partial charge on any atom is -0.391 e. The second-order valence-corrected chi connectivity index (χ2v) is 4.31. The van der Waals surface area contributed by atoms with Crippen LogP contribution in [0.1, 0.15) is 6.42 Å². The predicted molar refractivity (Wildman–Crippen MR) is 60.8 cm³/mol. The second-order valence-electron chi connectivity index (χ2n) is 3.59. The summed E-state index contributed by atoms with van der Waals surface area (Å²) in [6.45, 7) is 1.62. The molecule has 1 radical (unpaired) electrons. The molecule has 0 saturated carbocycles. The number of piperidine rings is 1. The Labute approximate surface area is 135 Å². The van der Waals surface area contributed by atoms with Crippen molar-refractivity contribution < 1.29 is 54.3 Å². The molecule has 0 bridgehead atoms. The summed E-state index contributed by atoms with van der Waals surface area (Å²) in [5, 5.41) is 19.4. The Morgan fingerprint density at radius 3 is 2.71 bits per heavy atom. The normalized spacial score (nSPS) is 31.4. The number of hydrogen-bond donors (Lipinski definition) is 2. The van der Waals surface area contributed by atoms with E-state index in [1.165, 1.54) is 0 Å². The maximum atomic E-state index is 9.70. The number of halogens is 1. The van der Waals surface area contributed by atoms with Gasteiger partial charge in [-0.25, -0.2) is 0 Å². The molecule has 1 heterocycles. The van der Waals surface area contributed by atoms with Crippen molar-refractivity contribution in [1.29, 1.82) is 0 Å². The number of β-amino-alcohol motifs (C(OH)–C–C–N with tert-alkyl or cyclic N) is 1. The van der Waals surface area contributed by atoms with Crippen molar-refractivity contribution in [3.8, 4) is 0 Å². The molecule has 2 N–H and O–H groups in total. The van der Waals surface area contributed by atoms with Crippen LogP contribution in [0.3, 0.4) is 0 Å². The predicted octanol–water partition coefficient (Wildman–Crippen LogP) is 0.609. The van der Waals surface area contributed by atoms with Gasteiger partial charge in [-0.05, 0) is 30.2 Å². The molecule has 14 heavy (non-hydrogen) atoms. The Balaban J connectivity index is 0.00000169. The molecular weight excluding hydrogens is 504 g/mol. The average molecular weight is 520 g/mol. The minimum atomic E-state index is -0.499. The summed E-state index contributed by atoms with van der Waals surface area (Å²) in [4.78, 5) is 2.08. The molecular formula is C9H16AcINO2. The Bertz CT molecular complexity index is 192. The van der Waals surface area contributed by atoms with Gasteiger partial charge in [-0.3, -0.25) is 0 Å². The first-order valence-electron chi connectivity index (χ1n) is 4.46. The quantitative estimate of drug-likeness (QED) is 0.525. The van der Waals surface area contributed by atoms with E-state index in [4.69, 9.17) is 0 Å². The van der Waals surface area contributed by atoms with Crippen LogP contribution in [0, 0.1) is 50.0 Å². The van der Waals surface area contributed by atoms with Gasteiger partial charge in [0.25, 0.3) is 0 Å². The molecule has 0 aromatic rings. The molecule has 1 aliphatic heterocycles. The van der Waals surface area contributed by atoms with E-state index in [2.05, 4.69) is 27.5 Å². The van der Waals surface area contributed by atoms with E-state index in [1.54, 1.807) is 10.2 Å². The third-order valence-corrected chi connectivity index (χ3v) is 2.96. The average Bonchev–Trinajstić information content (AvgIpc) is 2.04. The van der Waals surface area contributed by atoms with E-state index in [0.717, 1.165) is 13.0 Å². The number of nitrogens with zero attached hydrogens (tertiary/aromatic N) is 1. The number of aliphatic hydroxyl groups is 2. The smallest absolute Gasteiger partial charge is 0.0782 e. The first kappa shape index (κ1) is 15.8. The van der Waals surface area contributed by atoms with Gasteiger partial charge in [0.05, 0.1) is 12.2 Å². The molecule has 3 nitrogen and oxygen atoms in total. The molecule has 1 fully saturated rings. The van der Waals surface area contributed by atoms with Crippen LogP contribution in [0.2, 0.25) is 0 Å². The van der Waals surface area contributed by atoms with Crippen molar-refractivity contribution in [3.63, 3.8) is 0 Å². The maximum Gasteiger partial charge on any atom is 0.0782 e. The molecule has 0 aromatic heterocycles. The zero-order chi connectivity index (χ0) is 9.84. The number of rotatable bonds is 2. The monoisotopic (exact) mass is 520 g/mol.